The van der Waals surface area contributed by atoms with Gasteiger partial charge in [-0.3, -0.25) is 0 Å². The van der Waals surface area contributed by atoms with Crippen LogP contribution < -0.4 is 5.32 Å². The number of H-pyrrole nitrogens is 1. The third-order valence-electron chi connectivity index (χ3n) is 5.74. The van der Waals surface area contributed by atoms with Crippen molar-refractivity contribution in [2.75, 3.05) is 25.0 Å². The zero-order valence-corrected chi connectivity index (χ0v) is 14.3. The monoisotopic (exact) mass is 333 g/mol. The topological polar surface area (TPSA) is 56.8 Å². The predicted molar refractivity (Wildman–Crippen MR) is 101 cm³/mol. The van der Waals surface area contributed by atoms with Crippen LogP contribution in [-0.4, -0.2) is 45.5 Å². The lowest BCUT2D eigenvalue weighted by Crippen LogP contribution is -2.49. The van der Waals surface area contributed by atoms with Crippen molar-refractivity contribution in [1.29, 1.82) is 0 Å². The highest BCUT2D eigenvalue weighted by Crippen LogP contribution is 2.29. The van der Waals surface area contributed by atoms with Gasteiger partial charge in [0.1, 0.15) is 0 Å². The van der Waals surface area contributed by atoms with E-state index in [9.17, 15) is 0 Å². The van der Waals surface area contributed by atoms with Crippen molar-refractivity contribution in [2.24, 2.45) is 5.92 Å². The molecule has 2 aliphatic heterocycles. The molecule has 0 saturated carbocycles. The molecule has 128 valence electrons. The van der Waals surface area contributed by atoms with E-state index in [4.69, 9.17) is 0 Å². The van der Waals surface area contributed by atoms with Crippen LogP contribution in [0, 0.1) is 5.92 Å². The molecule has 0 spiro atoms. The second kappa shape index (κ2) is 6.15. The number of piperidine rings is 2. The molecule has 2 saturated heterocycles. The summed E-state index contributed by atoms with van der Waals surface area (Å²) >= 11 is 0. The minimum Gasteiger partial charge on any atom is -0.361 e. The minimum atomic E-state index is 0.510. The Kier molecular flexibility index (Phi) is 3.67. The molecule has 2 aliphatic rings. The summed E-state index contributed by atoms with van der Waals surface area (Å²) in [5, 5.41) is 4.80. The number of rotatable bonds is 3. The summed E-state index contributed by atoms with van der Waals surface area (Å²) in [4.78, 5) is 15.0. The average Bonchev–Trinajstić information content (AvgIpc) is 3.14. The molecule has 3 atom stereocenters. The quantitative estimate of drug-likeness (QED) is 0.770. The minimum absolute atomic E-state index is 0.510. The van der Waals surface area contributed by atoms with Crippen LogP contribution in [0.1, 0.15) is 19.3 Å². The number of nitrogens with one attached hydrogen (secondary N) is 2. The lowest BCUT2D eigenvalue weighted by atomic mass is 9.85. The normalized spacial score (nSPS) is 25.8. The number of aromatic nitrogens is 3. The molecule has 2 fully saturated rings. The van der Waals surface area contributed by atoms with Gasteiger partial charge in [-0.15, -0.1) is 0 Å². The van der Waals surface area contributed by atoms with Crippen LogP contribution in [0.25, 0.3) is 22.0 Å². The van der Waals surface area contributed by atoms with Crippen molar-refractivity contribution < 1.29 is 0 Å². The van der Waals surface area contributed by atoms with Crippen LogP contribution in [0.3, 0.4) is 0 Å². The molecule has 0 radical (unpaired) electrons. The molecule has 5 nitrogen and oxygen atoms in total. The van der Waals surface area contributed by atoms with Crippen LogP contribution >= 0.6 is 0 Å². The van der Waals surface area contributed by atoms with Crippen LogP contribution in [0.5, 0.6) is 0 Å². The van der Waals surface area contributed by atoms with Gasteiger partial charge in [-0.1, -0.05) is 12.1 Å². The maximum Gasteiger partial charge on any atom is 0.222 e. The van der Waals surface area contributed by atoms with Gasteiger partial charge in [0.2, 0.25) is 5.95 Å². The largest absolute Gasteiger partial charge is 0.361 e. The van der Waals surface area contributed by atoms with Crippen molar-refractivity contribution in [3.8, 4) is 11.1 Å². The third-order valence-corrected chi connectivity index (χ3v) is 5.74. The van der Waals surface area contributed by atoms with E-state index in [1.807, 2.05) is 18.6 Å². The maximum absolute atomic E-state index is 4.60. The number of hydrogen-bond donors (Lipinski definition) is 2. The molecule has 3 aromatic rings. The van der Waals surface area contributed by atoms with Gasteiger partial charge in [0.15, 0.2) is 0 Å². The van der Waals surface area contributed by atoms with Crippen molar-refractivity contribution >= 4 is 16.9 Å². The highest BCUT2D eigenvalue weighted by molar-refractivity contribution is 5.94. The van der Waals surface area contributed by atoms with E-state index in [0.717, 1.165) is 22.9 Å². The van der Waals surface area contributed by atoms with Gasteiger partial charge in [0.05, 0.1) is 0 Å². The summed E-state index contributed by atoms with van der Waals surface area (Å²) in [6, 6.07) is 8.90. The number of aromatic amines is 1. The van der Waals surface area contributed by atoms with Crippen molar-refractivity contribution in [1.82, 2.24) is 19.9 Å². The summed E-state index contributed by atoms with van der Waals surface area (Å²) < 4.78 is 0. The fourth-order valence-electron chi connectivity index (χ4n) is 4.41. The Morgan fingerprint density at radius 3 is 2.92 bits per heavy atom. The molecule has 2 N–H and O–H groups in total. The van der Waals surface area contributed by atoms with Gasteiger partial charge in [-0.2, -0.15) is 0 Å². The molecule has 1 aromatic carbocycles. The van der Waals surface area contributed by atoms with Gasteiger partial charge >= 0.3 is 0 Å². The summed E-state index contributed by atoms with van der Waals surface area (Å²) in [5.41, 5.74) is 3.37. The molecular weight excluding hydrogens is 310 g/mol. The fourth-order valence-corrected chi connectivity index (χ4v) is 4.41. The molecule has 0 aliphatic carbocycles. The first-order chi connectivity index (χ1) is 12.4. The van der Waals surface area contributed by atoms with E-state index in [1.165, 1.54) is 49.8 Å². The Balaban J connectivity index is 1.36. The summed E-state index contributed by atoms with van der Waals surface area (Å²) in [5.74, 6) is 1.49. The third kappa shape index (κ3) is 2.78. The number of nitrogens with zero attached hydrogens (tertiary/aromatic N) is 3. The number of fused-ring (bicyclic) bond motifs is 3. The molecule has 0 amide bonds. The Morgan fingerprint density at radius 1 is 1.08 bits per heavy atom. The highest BCUT2D eigenvalue weighted by atomic mass is 15.2. The summed E-state index contributed by atoms with van der Waals surface area (Å²) in [6.45, 7) is 3.70. The van der Waals surface area contributed by atoms with Crippen LogP contribution in [0.4, 0.5) is 5.95 Å². The van der Waals surface area contributed by atoms with Crippen LogP contribution in [0.2, 0.25) is 0 Å². The zero-order chi connectivity index (χ0) is 16.6. The molecule has 2 aromatic heterocycles. The number of anilines is 1. The zero-order valence-electron chi connectivity index (χ0n) is 14.3. The van der Waals surface area contributed by atoms with Crippen LogP contribution in [0.15, 0.2) is 42.9 Å². The predicted octanol–water partition coefficient (Wildman–Crippen LogP) is 3.52. The standard InChI is InChI=1S/C20H23N5/c1-4-16(17-6-8-21-19(17)5-1)15-11-22-20(23-12-15)24-18-7-10-25-9-2-3-14(18)13-25/h1,4-6,8,11-12,14,18,21H,2-3,7,9-10,13H2,(H,22,23,24). The Morgan fingerprint density at radius 2 is 2.00 bits per heavy atom. The number of benzene rings is 1. The molecule has 5 heteroatoms. The van der Waals surface area contributed by atoms with Crippen LogP contribution in [-0.2, 0) is 0 Å². The van der Waals surface area contributed by atoms with E-state index in [2.05, 4.69) is 49.4 Å². The van der Waals surface area contributed by atoms with Crippen molar-refractivity contribution in [2.45, 2.75) is 25.3 Å². The molecule has 25 heavy (non-hydrogen) atoms. The van der Waals surface area contributed by atoms with Gasteiger partial charge in [-0.05, 0) is 49.4 Å². The Bertz CT molecular complexity index is 869. The lowest BCUT2D eigenvalue weighted by molar-refractivity contribution is 0.113. The number of hydrogen-bond acceptors (Lipinski definition) is 4. The molecule has 3 unspecified atom stereocenters. The van der Waals surface area contributed by atoms with Gasteiger partial charge in [0.25, 0.3) is 0 Å². The molecule has 5 rings (SSSR count). The van der Waals surface area contributed by atoms with E-state index >= 15 is 0 Å². The Labute approximate surface area is 147 Å². The maximum atomic E-state index is 4.60. The Hall–Kier alpha value is -2.40. The summed E-state index contributed by atoms with van der Waals surface area (Å²) in [7, 11) is 0. The fraction of sp³-hybridized carbons (Fsp3) is 0.400. The van der Waals surface area contributed by atoms with Crippen molar-refractivity contribution in [3.05, 3.63) is 42.9 Å². The summed E-state index contributed by atoms with van der Waals surface area (Å²) in [6.07, 6.45) is 9.69. The van der Waals surface area contributed by atoms with E-state index < -0.39 is 0 Å². The van der Waals surface area contributed by atoms with Gasteiger partial charge in [0, 0.05) is 54.2 Å². The SMILES string of the molecule is c1cc(-c2cnc(NC3CCN4CCCC3C4)nc2)c2cc[nH]c2c1. The second-order valence-electron chi connectivity index (χ2n) is 7.28. The molecular formula is C20H23N5. The van der Waals surface area contributed by atoms with E-state index in [0.29, 0.717) is 6.04 Å². The first kappa shape index (κ1) is 14.9. The smallest absolute Gasteiger partial charge is 0.222 e. The molecule has 4 heterocycles. The van der Waals surface area contributed by atoms with Gasteiger partial charge < -0.3 is 15.2 Å². The van der Waals surface area contributed by atoms with E-state index in [-0.39, 0.29) is 0 Å². The first-order valence-electron chi connectivity index (χ1n) is 9.24. The molecule has 2 bridgehead atoms. The van der Waals surface area contributed by atoms with Crippen molar-refractivity contribution in [3.63, 3.8) is 0 Å². The lowest BCUT2D eigenvalue weighted by Gasteiger charge is -2.42. The van der Waals surface area contributed by atoms with E-state index in [1.54, 1.807) is 0 Å². The average molecular weight is 333 g/mol. The van der Waals surface area contributed by atoms with Gasteiger partial charge in [-0.25, -0.2) is 9.97 Å². The first-order valence-corrected chi connectivity index (χ1v) is 9.24. The second-order valence-corrected chi connectivity index (χ2v) is 7.28. The highest BCUT2D eigenvalue weighted by Gasteiger charge is 2.32.